The highest BCUT2D eigenvalue weighted by Gasteiger charge is 2.11. The molecule has 0 aromatic carbocycles. The number of carboxylic acid groups (broad SMARTS) is 1. The van der Waals surface area contributed by atoms with Crippen LogP contribution in [0.25, 0.3) is 0 Å². The van der Waals surface area contributed by atoms with Gasteiger partial charge in [0.05, 0.1) is 0 Å². The minimum atomic E-state index is -1.03. The van der Waals surface area contributed by atoms with E-state index in [1.165, 1.54) is 32.1 Å². The third-order valence-corrected chi connectivity index (χ3v) is 7.85. The number of carboxylic acids is 1. The average molecular weight is 668 g/mol. The van der Waals surface area contributed by atoms with Gasteiger partial charge < -0.3 is 15.2 Å². The molecule has 0 bridgehead atoms. The van der Waals surface area contributed by atoms with Crippen LogP contribution in [0.1, 0.15) is 162 Å². The summed E-state index contributed by atoms with van der Waals surface area (Å²) in [6, 6.07) is 0. The number of esters is 1. The first-order valence-corrected chi connectivity index (χ1v) is 19.1. The van der Waals surface area contributed by atoms with Gasteiger partial charge in [0.15, 0.2) is 0 Å². The average Bonchev–Trinajstić information content (AvgIpc) is 3.07. The molecule has 0 spiro atoms. The molecule has 2 N–H and O–H groups in total. The summed E-state index contributed by atoms with van der Waals surface area (Å²) in [6.07, 6.45) is 48.8. The molecule has 272 valence electrons. The van der Waals surface area contributed by atoms with Gasteiger partial charge in [-0.25, -0.2) is 0 Å². The monoisotopic (exact) mass is 668 g/mol. The summed E-state index contributed by atoms with van der Waals surface area (Å²) in [4.78, 5) is 34.9. The molecule has 0 aliphatic carbocycles. The summed E-state index contributed by atoms with van der Waals surface area (Å²) in [5.41, 5.74) is 0. The Kier molecular flexibility index (Phi) is 34.3. The van der Waals surface area contributed by atoms with Gasteiger partial charge in [-0.3, -0.25) is 14.4 Å². The molecule has 0 radical (unpaired) electrons. The number of hydrogen-bond acceptors (Lipinski definition) is 4. The lowest BCUT2D eigenvalue weighted by Gasteiger charge is -2.14. The predicted octanol–water partition coefficient (Wildman–Crippen LogP) is 11.4. The Bertz CT molecular complexity index is 959. The zero-order chi connectivity index (χ0) is 35.2. The molecule has 48 heavy (non-hydrogen) atoms. The second kappa shape index (κ2) is 36.7. The van der Waals surface area contributed by atoms with Crippen LogP contribution in [0.4, 0.5) is 0 Å². The third kappa shape index (κ3) is 35.7. The fourth-order valence-corrected chi connectivity index (χ4v) is 5.04. The Hall–Kier alpha value is -3.15. The van der Waals surface area contributed by atoms with Crippen molar-refractivity contribution in [3.63, 3.8) is 0 Å². The first-order chi connectivity index (χ1) is 23.5. The highest BCUT2D eigenvalue weighted by Crippen LogP contribution is 2.15. The van der Waals surface area contributed by atoms with Crippen LogP contribution in [0.5, 0.6) is 0 Å². The normalized spacial score (nSPS) is 12.9. The summed E-state index contributed by atoms with van der Waals surface area (Å²) >= 11 is 0. The molecule has 0 aromatic rings. The molecule has 6 heteroatoms. The predicted molar refractivity (Wildman–Crippen MR) is 203 cm³/mol. The van der Waals surface area contributed by atoms with Gasteiger partial charge >= 0.3 is 11.9 Å². The molecular formula is C42H69NO5. The van der Waals surface area contributed by atoms with Crippen LogP contribution in [0.15, 0.2) is 72.9 Å². The molecule has 0 saturated carbocycles. The molecular weight excluding hydrogens is 598 g/mol. The third-order valence-electron chi connectivity index (χ3n) is 7.85. The highest BCUT2D eigenvalue weighted by atomic mass is 16.5. The zero-order valence-electron chi connectivity index (χ0n) is 30.6. The molecule has 1 unspecified atom stereocenters. The molecule has 0 rings (SSSR count). The summed E-state index contributed by atoms with van der Waals surface area (Å²) in [6.45, 7) is 4.05. The smallest absolute Gasteiger partial charge is 0.322 e. The van der Waals surface area contributed by atoms with Crippen molar-refractivity contribution < 1.29 is 24.2 Å². The van der Waals surface area contributed by atoms with Crippen LogP contribution in [-0.4, -0.2) is 35.6 Å². The van der Waals surface area contributed by atoms with Gasteiger partial charge in [0, 0.05) is 12.8 Å². The molecule has 1 amide bonds. The van der Waals surface area contributed by atoms with Crippen LogP contribution >= 0.6 is 0 Å². The number of rotatable bonds is 33. The van der Waals surface area contributed by atoms with Gasteiger partial charge in [-0.05, 0) is 89.5 Å². The van der Waals surface area contributed by atoms with Crippen molar-refractivity contribution in [1.82, 2.24) is 5.32 Å². The summed E-state index contributed by atoms with van der Waals surface area (Å²) in [5, 5.41) is 11.0. The molecule has 6 nitrogen and oxygen atoms in total. The van der Waals surface area contributed by atoms with Gasteiger partial charge in [-0.2, -0.15) is 0 Å². The first kappa shape index (κ1) is 44.9. The minimum Gasteiger partial charge on any atom is -0.480 e. The fourth-order valence-electron chi connectivity index (χ4n) is 5.04. The number of hydrogen-bond donors (Lipinski definition) is 2. The summed E-state index contributed by atoms with van der Waals surface area (Å²) in [7, 11) is 0. The number of ether oxygens (including phenoxy) is 1. The van der Waals surface area contributed by atoms with Crippen molar-refractivity contribution in [2.45, 2.75) is 168 Å². The van der Waals surface area contributed by atoms with E-state index in [1.54, 1.807) is 0 Å². The van der Waals surface area contributed by atoms with E-state index in [2.05, 4.69) is 86.0 Å². The van der Waals surface area contributed by atoms with Crippen molar-refractivity contribution in [3.05, 3.63) is 72.9 Å². The lowest BCUT2D eigenvalue weighted by Crippen LogP contribution is -2.28. The number of carbonyl (C=O) groups excluding carboxylic acids is 2. The fraction of sp³-hybridized carbons (Fsp3) is 0.643. The quantitative estimate of drug-likeness (QED) is 0.0413. The molecule has 0 heterocycles. The van der Waals surface area contributed by atoms with Crippen molar-refractivity contribution in [2.24, 2.45) is 0 Å². The maximum absolute atomic E-state index is 12.7. The van der Waals surface area contributed by atoms with E-state index in [9.17, 15) is 14.4 Å². The van der Waals surface area contributed by atoms with Crippen LogP contribution in [0, 0.1) is 0 Å². The van der Waals surface area contributed by atoms with Crippen molar-refractivity contribution in [2.75, 3.05) is 6.54 Å². The maximum atomic E-state index is 12.7. The number of nitrogens with one attached hydrogen (secondary N) is 1. The number of amides is 1. The molecule has 0 aliphatic rings. The number of carbonyl (C=O) groups is 3. The topological polar surface area (TPSA) is 92.7 Å². The summed E-state index contributed by atoms with van der Waals surface area (Å²) in [5.74, 6) is -1.35. The van der Waals surface area contributed by atoms with Crippen LogP contribution < -0.4 is 5.32 Å². The van der Waals surface area contributed by atoms with Gasteiger partial charge in [0.2, 0.25) is 5.91 Å². The molecule has 1 atom stereocenters. The minimum absolute atomic E-state index is 0.109. The van der Waals surface area contributed by atoms with E-state index in [0.29, 0.717) is 12.8 Å². The number of aliphatic carboxylic acids is 1. The Labute approximate surface area is 294 Å². The lowest BCUT2D eigenvalue weighted by molar-refractivity contribution is -0.147. The van der Waals surface area contributed by atoms with Crippen LogP contribution in [-0.2, 0) is 19.1 Å². The summed E-state index contributed by atoms with van der Waals surface area (Å²) < 4.78 is 5.89. The molecule has 0 aliphatic heterocycles. The highest BCUT2D eigenvalue weighted by molar-refractivity contribution is 5.80. The second-order valence-electron chi connectivity index (χ2n) is 12.4. The van der Waals surface area contributed by atoms with E-state index in [0.717, 1.165) is 103 Å². The van der Waals surface area contributed by atoms with Crippen molar-refractivity contribution in [1.29, 1.82) is 0 Å². The maximum Gasteiger partial charge on any atom is 0.322 e. The van der Waals surface area contributed by atoms with Gasteiger partial charge in [-0.1, -0.05) is 132 Å². The molecule has 0 fully saturated rings. The van der Waals surface area contributed by atoms with Crippen LogP contribution in [0.3, 0.4) is 0 Å². The van der Waals surface area contributed by atoms with E-state index in [4.69, 9.17) is 9.84 Å². The van der Waals surface area contributed by atoms with Crippen molar-refractivity contribution >= 4 is 17.8 Å². The van der Waals surface area contributed by atoms with E-state index >= 15 is 0 Å². The molecule has 0 aromatic heterocycles. The van der Waals surface area contributed by atoms with Gasteiger partial charge in [-0.15, -0.1) is 0 Å². The largest absolute Gasteiger partial charge is 0.480 e. The van der Waals surface area contributed by atoms with Gasteiger partial charge in [0.1, 0.15) is 12.6 Å². The van der Waals surface area contributed by atoms with E-state index in [1.807, 2.05) is 6.08 Å². The SMILES string of the molecule is CC/C=C\C/C=C\C/C=C\CCCCCCCC(=O)OC(/C=C\C/C=C\C/C=C\CCCCC)CCCCCCCC(=O)NCC(=O)O. The number of allylic oxidation sites excluding steroid dienone is 11. The first-order valence-electron chi connectivity index (χ1n) is 19.1. The van der Waals surface area contributed by atoms with E-state index in [-0.39, 0.29) is 24.5 Å². The Balaban J connectivity index is 4.36. The lowest BCUT2D eigenvalue weighted by atomic mass is 10.1. The zero-order valence-corrected chi connectivity index (χ0v) is 30.6. The Morgan fingerprint density at radius 2 is 1.08 bits per heavy atom. The van der Waals surface area contributed by atoms with E-state index < -0.39 is 5.97 Å². The van der Waals surface area contributed by atoms with Gasteiger partial charge in [0.25, 0.3) is 0 Å². The van der Waals surface area contributed by atoms with Crippen LogP contribution in [0.2, 0.25) is 0 Å². The molecule has 0 saturated heterocycles. The Morgan fingerprint density at radius 1 is 0.583 bits per heavy atom. The standard InChI is InChI=1S/C42H69NO5/c1-3-5-7-9-11-13-15-16-17-18-20-22-24-29-33-37-42(47)48-39(34-30-26-23-21-19-14-12-10-8-6-4-2)35-31-27-25-28-32-36-40(44)43-38-41(45)46/h5,7,11-14,16-17,21,23,30,34,39H,3-4,6,8-10,15,18-20,22,24-29,31-33,35-38H2,1-2H3,(H,43,44)(H,45,46)/b7-5-,13-11-,14-12-,17-16-,23-21-,34-30-. The van der Waals surface area contributed by atoms with Crippen molar-refractivity contribution in [3.8, 4) is 0 Å². The Morgan fingerprint density at radius 3 is 1.69 bits per heavy atom. The second-order valence-corrected chi connectivity index (χ2v) is 12.4. The number of unbranched alkanes of at least 4 members (excludes halogenated alkanes) is 12.